The minimum atomic E-state index is 0.231. The molecular weight excluding hydrogens is 208 g/mol. The lowest BCUT2D eigenvalue weighted by Gasteiger charge is -2.00. The smallest absolute Gasteiger partial charge is 0.0654 e. The van der Waals surface area contributed by atoms with Gasteiger partial charge in [-0.25, -0.2) is 0 Å². The fourth-order valence-electron chi connectivity index (χ4n) is 1.68. The van der Waals surface area contributed by atoms with Crippen molar-refractivity contribution in [1.29, 1.82) is 0 Å². The highest BCUT2D eigenvalue weighted by Gasteiger charge is 1.98. The standard InChI is InChI=1S/C12H25O2S/c1-2-3-4-5-6-7-8-9-10-11-12-14-15-13/h2-12H2,1H3/q+1. The zero-order chi connectivity index (χ0) is 11.2. The lowest BCUT2D eigenvalue weighted by molar-refractivity contribution is 0.336. The summed E-state index contributed by atoms with van der Waals surface area (Å²) in [6.07, 6.45) is 13.2. The molecule has 0 saturated carbocycles. The first-order valence-corrected chi connectivity index (χ1v) is 7.00. The van der Waals surface area contributed by atoms with Crippen LogP contribution in [-0.2, 0) is 20.3 Å². The van der Waals surface area contributed by atoms with Crippen LogP contribution in [0.2, 0.25) is 0 Å². The molecule has 3 heteroatoms. The van der Waals surface area contributed by atoms with Crippen LogP contribution in [0.1, 0.15) is 71.1 Å². The molecule has 0 saturated heterocycles. The number of hydrogen-bond donors (Lipinski definition) is 0. The molecule has 15 heavy (non-hydrogen) atoms. The third-order valence-electron chi connectivity index (χ3n) is 2.63. The summed E-state index contributed by atoms with van der Waals surface area (Å²) in [7, 11) is 0. The van der Waals surface area contributed by atoms with Crippen molar-refractivity contribution in [3.05, 3.63) is 0 Å². The largest absolute Gasteiger partial charge is 0.693 e. The van der Waals surface area contributed by atoms with Crippen LogP contribution in [0.4, 0.5) is 0 Å². The second kappa shape index (κ2) is 14.0. The number of unbranched alkanes of at least 4 members (excludes halogenated alkanes) is 9. The molecule has 0 aromatic carbocycles. The van der Waals surface area contributed by atoms with Gasteiger partial charge in [-0.2, -0.15) is 0 Å². The van der Waals surface area contributed by atoms with Crippen molar-refractivity contribution in [2.45, 2.75) is 71.1 Å². The monoisotopic (exact) mass is 233 g/mol. The molecule has 90 valence electrons. The molecule has 0 aliphatic carbocycles. The van der Waals surface area contributed by atoms with Crippen molar-refractivity contribution in [1.82, 2.24) is 0 Å². The molecule has 0 atom stereocenters. The lowest BCUT2D eigenvalue weighted by atomic mass is 10.1. The topological polar surface area (TPSA) is 26.3 Å². The summed E-state index contributed by atoms with van der Waals surface area (Å²) in [4.78, 5) is 0. The normalized spacial score (nSPS) is 10.5. The van der Waals surface area contributed by atoms with Crippen molar-refractivity contribution in [2.75, 3.05) is 6.61 Å². The van der Waals surface area contributed by atoms with E-state index in [1.165, 1.54) is 57.8 Å². The average molecular weight is 233 g/mol. The van der Waals surface area contributed by atoms with Gasteiger partial charge < -0.3 is 0 Å². The van der Waals surface area contributed by atoms with Crippen LogP contribution in [0.3, 0.4) is 0 Å². The van der Waals surface area contributed by atoms with E-state index in [-0.39, 0.29) is 11.9 Å². The van der Waals surface area contributed by atoms with Crippen LogP contribution in [0.15, 0.2) is 0 Å². The fraction of sp³-hybridized carbons (Fsp3) is 1.00. The predicted molar refractivity (Wildman–Crippen MR) is 65.8 cm³/mol. The van der Waals surface area contributed by atoms with Crippen LogP contribution in [0, 0.1) is 0 Å². The van der Waals surface area contributed by atoms with E-state index >= 15 is 0 Å². The SMILES string of the molecule is CCCCCCCCCCCCO[S+]=O. The Morgan fingerprint density at radius 3 is 1.73 bits per heavy atom. The molecule has 0 radical (unpaired) electrons. The molecule has 0 spiro atoms. The number of hydrogen-bond acceptors (Lipinski definition) is 2. The Labute approximate surface area is 98.5 Å². The summed E-state index contributed by atoms with van der Waals surface area (Å²) in [6.45, 7) is 2.87. The van der Waals surface area contributed by atoms with Crippen molar-refractivity contribution in [3.8, 4) is 0 Å². The van der Waals surface area contributed by atoms with E-state index in [0.29, 0.717) is 6.61 Å². The van der Waals surface area contributed by atoms with Crippen LogP contribution < -0.4 is 0 Å². The van der Waals surface area contributed by atoms with Gasteiger partial charge in [-0.3, -0.25) is 0 Å². The van der Waals surface area contributed by atoms with Crippen molar-refractivity contribution in [2.24, 2.45) is 0 Å². The highest BCUT2D eigenvalue weighted by molar-refractivity contribution is 7.60. The minimum Gasteiger partial charge on any atom is -0.0654 e. The molecule has 0 aliphatic rings. The molecule has 0 heterocycles. The first kappa shape index (κ1) is 15.0. The Balaban J connectivity index is 2.83. The van der Waals surface area contributed by atoms with Crippen molar-refractivity contribution >= 4 is 11.9 Å². The van der Waals surface area contributed by atoms with E-state index in [2.05, 4.69) is 11.1 Å². The molecule has 0 unspecified atom stereocenters. The molecule has 0 bridgehead atoms. The summed E-state index contributed by atoms with van der Waals surface area (Å²) in [5, 5.41) is 0. The molecule has 0 N–H and O–H groups in total. The van der Waals surface area contributed by atoms with Gasteiger partial charge in [0.05, 0.1) is 4.21 Å². The Bertz CT molecular complexity index is 129. The minimum absolute atomic E-state index is 0.231. The zero-order valence-corrected chi connectivity index (χ0v) is 10.8. The summed E-state index contributed by atoms with van der Waals surface area (Å²) < 4.78 is 14.6. The second-order valence-corrected chi connectivity index (χ2v) is 4.44. The third-order valence-corrected chi connectivity index (χ3v) is 2.89. The van der Waals surface area contributed by atoms with Gasteiger partial charge in [0.15, 0.2) is 0 Å². The third kappa shape index (κ3) is 14.0. The maximum atomic E-state index is 9.88. The van der Waals surface area contributed by atoms with E-state index in [9.17, 15) is 4.21 Å². The van der Waals surface area contributed by atoms with Crippen LogP contribution in [-0.4, -0.2) is 6.61 Å². The van der Waals surface area contributed by atoms with Gasteiger partial charge in [0, 0.05) is 0 Å². The van der Waals surface area contributed by atoms with E-state index in [1.54, 1.807) is 0 Å². The van der Waals surface area contributed by atoms with Gasteiger partial charge >= 0.3 is 11.9 Å². The van der Waals surface area contributed by atoms with Gasteiger partial charge in [-0.05, 0) is 6.42 Å². The van der Waals surface area contributed by atoms with Gasteiger partial charge in [0.1, 0.15) is 6.61 Å². The summed E-state index contributed by atoms with van der Waals surface area (Å²) in [5.74, 6) is 0. The van der Waals surface area contributed by atoms with E-state index < -0.39 is 0 Å². The Kier molecular flexibility index (Phi) is 14.0. The molecular formula is C12H25O2S+. The first-order valence-electron chi connectivity index (χ1n) is 6.33. The molecule has 0 rings (SSSR count). The van der Waals surface area contributed by atoms with Crippen molar-refractivity contribution < 1.29 is 8.39 Å². The highest BCUT2D eigenvalue weighted by atomic mass is 32.2. The molecule has 0 amide bonds. The van der Waals surface area contributed by atoms with Crippen LogP contribution >= 0.6 is 0 Å². The number of rotatable bonds is 12. The van der Waals surface area contributed by atoms with Gasteiger partial charge in [-0.1, -0.05) is 68.9 Å². The Morgan fingerprint density at radius 1 is 0.800 bits per heavy atom. The molecule has 0 fully saturated rings. The van der Waals surface area contributed by atoms with E-state index in [1.807, 2.05) is 0 Å². The van der Waals surface area contributed by atoms with E-state index in [0.717, 1.165) is 6.42 Å². The summed E-state index contributed by atoms with van der Waals surface area (Å²) in [6, 6.07) is 0. The molecule has 0 aliphatic heterocycles. The fourth-order valence-corrected chi connectivity index (χ4v) is 1.87. The maximum Gasteiger partial charge on any atom is 0.693 e. The Morgan fingerprint density at radius 2 is 1.27 bits per heavy atom. The highest BCUT2D eigenvalue weighted by Crippen LogP contribution is 2.10. The summed E-state index contributed by atoms with van der Waals surface area (Å²) in [5.41, 5.74) is 0. The second-order valence-electron chi connectivity index (χ2n) is 4.07. The predicted octanol–water partition coefficient (Wildman–Crippen LogP) is 4.27. The van der Waals surface area contributed by atoms with Crippen LogP contribution in [0.25, 0.3) is 0 Å². The first-order chi connectivity index (χ1) is 7.41. The summed E-state index contributed by atoms with van der Waals surface area (Å²) >= 11 is 0.231. The average Bonchev–Trinajstić information content (AvgIpc) is 2.26. The lowest BCUT2D eigenvalue weighted by Crippen LogP contribution is -1.88. The molecule has 0 aromatic heterocycles. The quantitative estimate of drug-likeness (QED) is 0.286. The van der Waals surface area contributed by atoms with Gasteiger partial charge in [0.25, 0.3) is 0 Å². The maximum absolute atomic E-state index is 9.88. The van der Waals surface area contributed by atoms with E-state index in [4.69, 9.17) is 0 Å². The van der Waals surface area contributed by atoms with Crippen molar-refractivity contribution in [3.63, 3.8) is 0 Å². The van der Waals surface area contributed by atoms with Gasteiger partial charge in [-0.15, -0.1) is 0 Å². The van der Waals surface area contributed by atoms with Crippen LogP contribution in [0.5, 0.6) is 0 Å². The van der Waals surface area contributed by atoms with Gasteiger partial charge in [0.2, 0.25) is 0 Å². The molecule has 2 nitrogen and oxygen atoms in total. The molecule has 0 aromatic rings. The Hall–Kier alpha value is -0.0200. The zero-order valence-electron chi connectivity index (χ0n) is 10.0.